The molecule has 4 aromatic rings. The normalized spacial score (nSPS) is 12.7. The largest absolute Gasteiger partial charge is 0.489 e. The first-order valence-electron chi connectivity index (χ1n) is 9.75. The molecule has 0 spiro atoms. The number of anilines is 3. The molecular weight excluding hydrogens is 598 g/mol. The molecule has 0 fully saturated rings. The molecule has 1 aliphatic rings. The summed E-state index contributed by atoms with van der Waals surface area (Å²) < 4.78 is 20.1. The van der Waals surface area contributed by atoms with Gasteiger partial charge in [0.2, 0.25) is 0 Å². The maximum Gasteiger partial charge on any atom is 0.348 e. The molecule has 0 aliphatic carbocycles. The number of alkyl halides is 1. The van der Waals surface area contributed by atoms with Crippen molar-refractivity contribution in [3.05, 3.63) is 69.6 Å². The van der Waals surface area contributed by atoms with E-state index in [1.54, 1.807) is 24.3 Å². The van der Waals surface area contributed by atoms with Gasteiger partial charge < -0.3 is 15.2 Å². The molecule has 12 heteroatoms. The van der Waals surface area contributed by atoms with Crippen molar-refractivity contribution in [2.24, 2.45) is 0 Å². The molecule has 0 atom stereocenters. The molecular formula is C22H13ClFIN4O4S. The number of aromatic carboxylic acids is 1. The zero-order chi connectivity index (χ0) is 24.0. The van der Waals surface area contributed by atoms with E-state index in [0.29, 0.717) is 31.6 Å². The first kappa shape index (κ1) is 22.7. The summed E-state index contributed by atoms with van der Waals surface area (Å²) >= 11 is 9.69. The Morgan fingerprint density at radius 3 is 2.85 bits per heavy atom. The lowest BCUT2D eigenvalue weighted by Gasteiger charge is -2.28. The highest BCUT2D eigenvalue weighted by molar-refractivity contribution is 14.1. The van der Waals surface area contributed by atoms with Crippen molar-refractivity contribution in [3.63, 3.8) is 0 Å². The lowest BCUT2D eigenvalue weighted by molar-refractivity contribution is 0.0703. The Labute approximate surface area is 214 Å². The maximum atomic E-state index is 13.5. The summed E-state index contributed by atoms with van der Waals surface area (Å²) in [6.45, 7) is 0.114. The number of amides is 2. The van der Waals surface area contributed by atoms with Gasteiger partial charge in [0, 0.05) is 16.1 Å². The van der Waals surface area contributed by atoms with Crippen molar-refractivity contribution in [2.75, 3.05) is 10.2 Å². The van der Waals surface area contributed by atoms with Crippen LogP contribution in [0.4, 0.5) is 26.4 Å². The van der Waals surface area contributed by atoms with Gasteiger partial charge in [0.05, 0.1) is 21.8 Å². The van der Waals surface area contributed by atoms with E-state index in [-0.39, 0.29) is 33.8 Å². The predicted molar refractivity (Wildman–Crippen MR) is 135 cm³/mol. The molecule has 2 aromatic heterocycles. The van der Waals surface area contributed by atoms with E-state index in [2.05, 4.69) is 37.9 Å². The monoisotopic (exact) mass is 610 g/mol. The number of halogens is 3. The van der Waals surface area contributed by atoms with Gasteiger partial charge in [0.1, 0.15) is 34.2 Å². The number of thiophene rings is 1. The SMILES string of the molecule is O=C(O)c1sc2ncnc3c2c1NC(=O)N3c1cc(OCc2cccc(F)c2)c(CI)cc1Cl. The van der Waals surface area contributed by atoms with Crippen LogP contribution in [0, 0.1) is 5.82 Å². The number of hydrogen-bond acceptors (Lipinski definition) is 6. The van der Waals surface area contributed by atoms with Gasteiger partial charge in [-0.25, -0.2) is 28.8 Å². The maximum absolute atomic E-state index is 13.5. The molecule has 2 aromatic carbocycles. The molecule has 1 aliphatic heterocycles. The predicted octanol–water partition coefficient (Wildman–Crippen LogP) is 6.38. The minimum absolute atomic E-state index is 0.0322. The van der Waals surface area contributed by atoms with Crippen LogP contribution in [0.2, 0.25) is 5.02 Å². The number of carbonyl (C=O) groups excluding carboxylic acids is 1. The van der Waals surface area contributed by atoms with E-state index < -0.39 is 12.0 Å². The Balaban J connectivity index is 1.60. The van der Waals surface area contributed by atoms with Gasteiger partial charge >= 0.3 is 12.0 Å². The molecule has 2 amide bonds. The second kappa shape index (κ2) is 8.96. The fraction of sp³-hybridized carbons (Fsp3) is 0.0909. The van der Waals surface area contributed by atoms with Gasteiger partial charge in [-0.2, -0.15) is 0 Å². The summed E-state index contributed by atoms with van der Waals surface area (Å²) in [5.41, 5.74) is 1.90. The molecule has 5 rings (SSSR count). The van der Waals surface area contributed by atoms with E-state index in [1.807, 2.05) is 0 Å². The van der Waals surface area contributed by atoms with Crippen molar-refractivity contribution >= 4 is 84.9 Å². The first-order chi connectivity index (χ1) is 16.4. The van der Waals surface area contributed by atoms with Crippen LogP contribution < -0.4 is 15.0 Å². The Morgan fingerprint density at radius 1 is 1.29 bits per heavy atom. The fourth-order valence-corrected chi connectivity index (χ4v) is 5.42. The number of carboxylic acids is 1. The Morgan fingerprint density at radius 2 is 2.12 bits per heavy atom. The second-order valence-corrected chi connectivity index (χ2v) is 9.39. The number of carbonyl (C=O) groups is 2. The molecule has 8 nitrogen and oxygen atoms in total. The molecule has 0 unspecified atom stereocenters. The molecule has 0 saturated carbocycles. The number of rotatable bonds is 6. The zero-order valence-corrected chi connectivity index (χ0v) is 20.7. The van der Waals surface area contributed by atoms with Crippen molar-refractivity contribution < 1.29 is 23.8 Å². The van der Waals surface area contributed by atoms with Crippen LogP contribution in [0.3, 0.4) is 0 Å². The highest BCUT2D eigenvalue weighted by Gasteiger charge is 2.35. The van der Waals surface area contributed by atoms with Crippen LogP contribution in [-0.2, 0) is 11.0 Å². The molecule has 0 bridgehead atoms. The number of aromatic nitrogens is 2. The molecule has 2 N–H and O–H groups in total. The number of benzene rings is 2. The molecule has 3 heterocycles. The summed E-state index contributed by atoms with van der Waals surface area (Å²) in [5.74, 6) is -0.849. The average molecular weight is 611 g/mol. The van der Waals surface area contributed by atoms with Crippen molar-refractivity contribution in [2.45, 2.75) is 11.0 Å². The Kier molecular flexibility index (Phi) is 6.00. The topological polar surface area (TPSA) is 105 Å². The highest BCUT2D eigenvalue weighted by Crippen LogP contribution is 2.47. The minimum atomic E-state index is -1.17. The van der Waals surface area contributed by atoms with E-state index in [4.69, 9.17) is 16.3 Å². The number of ether oxygens (including phenoxy) is 1. The minimum Gasteiger partial charge on any atom is -0.489 e. The number of carboxylic acid groups (broad SMARTS) is 1. The number of nitrogens with zero attached hydrogens (tertiary/aromatic N) is 3. The van der Waals surface area contributed by atoms with Crippen LogP contribution in [0.25, 0.3) is 10.2 Å². The van der Waals surface area contributed by atoms with Crippen molar-refractivity contribution in [1.82, 2.24) is 9.97 Å². The standard InChI is InChI=1S/C22H13ClFIN4O4S/c23-13-5-11(7-25)15(33-8-10-2-1-3-12(24)4-10)6-14(13)29-19-16-17(28-22(29)32)18(21(30)31)34-20(16)27-9-26-19/h1-6,9H,7-8H2,(H,28,32)(H,30,31). The third-order valence-corrected chi connectivity index (χ3v) is 7.32. The van der Waals surface area contributed by atoms with Gasteiger partial charge in [-0.1, -0.05) is 46.3 Å². The molecule has 0 saturated heterocycles. The van der Waals surface area contributed by atoms with Gasteiger partial charge in [-0.05, 0) is 23.8 Å². The Bertz CT molecular complexity index is 1480. The molecule has 0 radical (unpaired) electrons. The highest BCUT2D eigenvalue weighted by atomic mass is 127. The lowest BCUT2D eigenvalue weighted by atomic mass is 10.1. The fourth-order valence-electron chi connectivity index (χ4n) is 3.62. The van der Waals surface area contributed by atoms with Crippen molar-refractivity contribution in [3.8, 4) is 5.75 Å². The third kappa shape index (κ3) is 3.93. The second-order valence-electron chi connectivity index (χ2n) is 7.22. The number of hydrogen-bond donors (Lipinski definition) is 2. The summed E-state index contributed by atoms with van der Waals surface area (Å²) in [5, 5.41) is 12.9. The van der Waals surface area contributed by atoms with Crippen LogP contribution in [0.15, 0.2) is 42.7 Å². The van der Waals surface area contributed by atoms with Crippen LogP contribution in [0.5, 0.6) is 5.75 Å². The van der Waals surface area contributed by atoms with Crippen LogP contribution in [0.1, 0.15) is 20.8 Å². The Hall–Kier alpha value is -3.03. The van der Waals surface area contributed by atoms with Gasteiger partial charge in [0.15, 0.2) is 5.82 Å². The van der Waals surface area contributed by atoms with E-state index in [9.17, 15) is 19.1 Å². The number of urea groups is 1. The quantitative estimate of drug-likeness (QED) is 0.194. The van der Waals surface area contributed by atoms with E-state index in [1.165, 1.54) is 23.4 Å². The number of nitrogens with one attached hydrogen (secondary N) is 1. The molecule has 34 heavy (non-hydrogen) atoms. The summed E-state index contributed by atoms with van der Waals surface area (Å²) in [4.78, 5) is 34.9. The van der Waals surface area contributed by atoms with Gasteiger partial charge in [0.25, 0.3) is 0 Å². The van der Waals surface area contributed by atoms with Crippen LogP contribution >= 0.6 is 45.5 Å². The lowest BCUT2D eigenvalue weighted by Crippen LogP contribution is -2.35. The first-order valence-corrected chi connectivity index (χ1v) is 12.5. The van der Waals surface area contributed by atoms with E-state index >= 15 is 0 Å². The van der Waals surface area contributed by atoms with Gasteiger partial charge in [-0.15, -0.1) is 11.3 Å². The van der Waals surface area contributed by atoms with E-state index in [0.717, 1.165) is 16.9 Å². The summed E-state index contributed by atoms with van der Waals surface area (Å²) in [7, 11) is 0. The zero-order valence-electron chi connectivity index (χ0n) is 17.0. The van der Waals surface area contributed by atoms with Crippen molar-refractivity contribution in [1.29, 1.82) is 0 Å². The van der Waals surface area contributed by atoms with Crippen LogP contribution in [-0.4, -0.2) is 27.1 Å². The van der Waals surface area contributed by atoms with Gasteiger partial charge in [-0.3, -0.25) is 0 Å². The molecule has 172 valence electrons. The average Bonchev–Trinajstić information content (AvgIpc) is 3.18. The third-order valence-electron chi connectivity index (χ3n) is 5.11. The summed E-state index contributed by atoms with van der Waals surface area (Å²) in [6, 6.07) is 8.79. The smallest absolute Gasteiger partial charge is 0.348 e. The summed E-state index contributed by atoms with van der Waals surface area (Å²) in [6.07, 6.45) is 1.27.